The number of terminal acetylenes is 1. The molecule has 6 aliphatic rings. The molecule has 2 saturated carbocycles. The van der Waals surface area contributed by atoms with Crippen LogP contribution in [0.3, 0.4) is 0 Å². The van der Waals surface area contributed by atoms with E-state index in [1.807, 2.05) is 26.8 Å². The van der Waals surface area contributed by atoms with Gasteiger partial charge in [0.05, 0.1) is 111 Å². The molecular weight excluding hydrogens is 1860 g/mol. The van der Waals surface area contributed by atoms with E-state index in [2.05, 4.69) is 73.6 Å². The molecule has 2 N–H and O–H groups in total. The second-order valence-electron chi connectivity index (χ2n) is 34.5. The van der Waals surface area contributed by atoms with Crippen molar-refractivity contribution in [2.24, 2.45) is 29.1 Å². The number of fused-ring (bicyclic) bond motifs is 5. The molecule has 4 saturated heterocycles. The molecule has 3 amide bonds. The highest BCUT2D eigenvalue weighted by Crippen LogP contribution is 2.58. The molecule has 716 valence electrons. The summed E-state index contributed by atoms with van der Waals surface area (Å²) in [4.78, 5) is 136. The highest BCUT2D eigenvalue weighted by atomic mass is 35.5. The normalized spacial score (nSPS) is 21.3. The smallest absolute Gasteiger partial charge is 0.411 e. The van der Waals surface area contributed by atoms with E-state index in [-0.39, 0.29) is 142 Å². The van der Waals surface area contributed by atoms with Crippen molar-refractivity contribution in [3.05, 3.63) is 129 Å². The molecule has 4 aliphatic heterocycles. The molecule has 14 rings (SSSR count). The van der Waals surface area contributed by atoms with Crippen molar-refractivity contribution in [1.29, 1.82) is 0 Å². The number of unbranched alkanes of at least 4 members (excludes halogenated alkanes) is 1. The van der Waals surface area contributed by atoms with Crippen LogP contribution in [0.5, 0.6) is 17.6 Å². The molecule has 8 heterocycles. The summed E-state index contributed by atoms with van der Waals surface area (Å²) in [6, 6.07) is 12.6. The molecule has 0 bridgehead atoms. The molecule has 0 spiro atoms. The van der Waals surface area contributed by atoms with E-state index in [4.69, 9.17) is 84.3 Å². The molecular formula is C89H105Cl5F4N12O21S. The molecule has 6 fully saturated rings. The number of benzene rings is 4. The van der Waals surface area contributed by atoms with Crippen molar-refractivity contribution in [3.63, 3.8) is 0 Å². The molecule has 4 aromatic carbocycles. The molecule has 2 aliphatic carbocycles. The van der Waals surface area contributed by atoms with E-state index >= 15 is 0 Å². The summed E-state index contributed by atoms with van der Waals surface area (Å²) in [6.07, 6.45) is 9.66. The van der Waals surface area contributed by atoms with Crippen molar-refractivity contribution in [2.45, 2.75) is 204 Å². The number of aliphatic hydroxyl groups is 1. The Balaban J connectivity index is 0.000000212. The second-order valence-corrected chi connectivity index (χ2v) is 37.8. The van der Waals surface area contributed by atoms with Gasteiger partial charge in [-0.15, -0.1) is 31.3 Å². The molecule has 0 radical (unpaired) electrons. The first kappa shape index (κ1) is 107. The number of hydrogen-bond donors (Lipinski definition) is 2. The maximum absolute atomic E-state index is 14.1. The van der Waals surface area contributed by atoms with Crippen LogP contribution in [0.4, 0.5) is 27.2 Å². The van der Waals surface area contributed by atoms with Crippen LogP contribution in [0.25, 0.3) is 44.1 Å². The van der Waals surface area contributed by atoms with Crippen LogP contribution in [0.15, 0.2) is 90.5 Å². The number of likely N-dealkylation sites (tertiary alicyclic amines) is 3. The predicted molar refractivity (Wildman–Crippen MR) is 481 cm³/mol. The zero-order valence-corrected chi connectivity index (χ0v) is 79.7. The number of nitrogens with one attached hydrogen (secondary N) is 1. The summed E-state index contributed by atoms with van der Waals surface area (Å²) in [5.74, 6) is -1.49. The predicted octanol–water partition coefficient (Wildman–Crippen LogP) is 14.4. The monoisotopic (exact) mass is 1960 g/mol. The topological polar surface area (TPSA) is 408 Å². The lowest BCUT2D eigenvalue weighted by atomic mass is 9.77. The van der Waals surface area contributed by atoms with Gasteiger partial charge in [0.2, 0.25) is 5.91 Å². The van der Waals surface area contributed by atoms with Crippen LogP contribution in [-0.4, -0.2) is 243 Å². The van der Waals surface area contributed by atoms with Crippen molar-refractivity contribution in [3.8, 4) is 30.0 Å². The van der Waals surface area contributed by atoms with Crippen LogP contribution in [-0.2, 0) is 71.8 Å². The number of methoxy groups -OCH3 is 4. The number of amides is 3. The number of nitrogens with zero attached hydrogens (tertiary/aromatic N) is 11. The number of β-amino-alcohol motifs (C(OH)–C–C–N with tert-alkyl or cyclic N) is 1. The lowest BCUT2D eigenvalue weighted by molar-refractivity contribution is -0.160. The maximum Gasteiger partial charge on any atom is 0.411 e. The Morgan fingerprint density at radius 2 is 0.939 bits per heavy atom. The minimum atomic E-state index is -3.57. The number of allylic oxidation sites excluding steroid dienone is 1. The third-order valence-electron chi connectivity index (χ3n) is 21.2. The van der Waals surface area contributed by atoms with E-state index in [1.165, 1.54) is 116 Å². The van der Waals surface area contributed by atoms with Gasteiger partial charge < -0.3 is 62.7 Å². The van der Waals surface area contributed by atoms with E-state index in [0.29, 0.717) is 58.3 Å². The molecule has 4 aromatic heterocycles. The number of rotatable bonds is 19. The zero-order chi connectivity index (χ0) is 96.6. The minimum Gasteiger partial charge on any atom is -0.471 e. The summed E-state index contributed by atoms with van der Waals surface area (Å²) >= 11 is 24.2. The van der Waals surface area contributed by atoms with Gasteiger partial charge in [-0.25, -0.2) is 89.8 Å². The lowest BCUT2D eigenvalue weighted by Crippen LogP contribution is -2.48. The van der Waals surface area contributed by atoms with Gasteiger partial charge in [0, 0.05) is 62.7 Å². The second kappa shape index (κ2) is 46.3. The van der Waals surface area contributed by atoms with Crippen molar-refractivity contribution >= 4 is 161 Å². The van der Waals surface area contributed by atoms with Gasteiger partial charge in [0.25, 0.3) is 17.6 Å². The highest BCUT2D eigenvalue weighted by Gasteiger charge is 2.55. The van der Waals surface area contributed by atoms with Crippen LogP contribution in [0.2, 0.25) is 20.6 Å². The number of carbonyl (C=O) groups excluding carboxylic acids is 8. The van der Waals surface area contributed by atoms with Crippen molar-refractivity contribution < 1.29 is 117 Å². The summed E-state index contributed by atoms with van der Waals surface area (Å²) in [6.45, 7) is 22.2. The Morgan fingerprint density at radius 1 is 0.553 bits per heavy atom. The van der Waals surface area contributed by atoms with Gasteiger partial charge >= 0.3 is 42.0 Å². The van der Waals surface area contributed by atoms with Gasteiger partial charge in [-0.3, -0.25) is 24.2 Å². The minimum absolute atomic E-state index is 0. The summed E-state index contributed by atoms with van der Waals surface area (Å²) in [5, 5.41) is 12.0. The Kier molecular flexibility index (Phi) is 37.4. The number of sulfone groups is 1. The first-order chi connectivity index (χ1) is 61.6. The Morgan fingerprint density at radius 3 is 1.34 bits per heavy atom. The van der Waals surface area contributed by atoms with Gasteiger partial charge in [0.15, 0.2) is 35.5 Å². The summed E-state index contributed by atoms with van der Waals surface area (Å²) in [5.41, 5.74) is 0.724. The van der Waals surface area contributed by atoms with Gasteiger partial charge in [-0.05, 0) is 152 Å². The number of ether oxygens (including phenoxy) is 10. The SMILES string of the molecule is C#CC.C=CCCC[C@@H]1[C@H]2C[C@H]2C[C@H]1OC(=O)C[C@H](C(=O)N1C[C@H](Oc2nc3cc(F)ccc3nc2Cl)C[C@H]1C(=O)OC)C(C)(C)C.COC(=O)[C@@H]1C[C@@H](O)CN1C(=O)OC(C)(C)C.COC(=O)[C@@H]1C[C@@H](Oc2nc3cc(F)ccc3nc2Cl)CN1.COC(=O)[C@@H]1C[C@@H](Oc2nc3cc(F)ccc3nc2Cl)CN1C(=O)OC(C)(C)C.CS(=O)(=O)c1nc2cc(F)ccc2nc1Cl.Cl. The number of carbonyl (C=O) groups is 8. The molecule has 43 heteroatoms. The fourth-order valence-corrected chi connectivity index (χ4v) is 16.9. The van der Waals surface area contributed by atoms with Gasteiger partial charge in [0.1, 0.15) is 83.1 Å². The Labute approximate surface area is 786 Å². The molecule has 13 atom stereocenters. The number of aliphatic hydroxyl groups excluding tert-OH is 1. The largest absolute Gasteiger partial charge is 0.471 e. The maximum atomic E-state index is 14.1. The van der Waals surface area contributed by atoms with E-state index in [9.17, 15) is 69.4 Å². The Bertz CT molecular complexity index is 5700. The van der Waals surface area contributed by atoms with Gasteiger partial charge in [-0.2, -0.15) is 0 Å². The highest BCUT2D eigenvalue weighted by molar-refractivity contribution is 7.90. The number of hydrogen-bond acceptors (Lipinski definition) is 30. The fraction of sp³-hybridized carbons (Fsp3) is 0.506. The van der Waals surface area contributed by atoms with E-state index in [1.54, 1.807) is 48.5 Å². The van der Waals surface area contributed by atoms with Crippen LogP contribution < -0.4 is 19.5 Å². The quantitative estimate of drug-likeness (QED) is 0.0190. The number of halogens is 9. The number of esters is 5. The third kappa shape index (κ3) is 29.2. The molecule has 132 heavy (non-hydrogen) atoms. The van der Waals surface area contributed by atoms with Crippen LogP contribution in [0.1, 0.15) is 133 Å². The first-order valence-corrected chi connectivity index (χ1v) is 44.9. The van der Waals surface area contributed by atoms with Crippen molar-refractivity contribution in [2.75, 3.05) is 60.9 Å². The van der Waals surface area contributed by atoms with Crippen LogP contribution >= 0.6 is 58.8 Å². The Hall–Kier alpha value is -10.7. The van der Waals surface area contributed by atoms with E-state index < -0.39 is 134 Å². The summed E-state index contributed by atoms with van der Waals surface area (Å²) in [7, 11) is 1.52. The average molecular weight is 1960 g/mol. The van der Waals surface area contributed by atoms with E-state index in [0.717, 1.165) is 38.0 Å². The molecule has 8 aromatic rings. The van der Waals surface area contributed by atoms with Gasteiger partial charge in [-0.1, -0.05) is 73.3 Å². The molecule has 33 nitrogen and oxygen atoms in total. The standard InChI is InChI=1S/C33H41ClFN3O6.C19H21ClFN3O5.C14H13ClFN3O3.C11H19NO5.C9H6ClFN2O2S.C3H4.ClH/c1-6-7-8-9-21-22-12-18(22)13-27(21)44-28(39)16-23(33(2,3)4)31(40)38-17-20(15-26(38)32(41)42-5)43-30-29(34)36-24-11-10-19(35)14-25(24)37-30;1-19(2,3)29-18(26)24-9-11(8-14(24)17(25)27-4)28-16-15(20)22-12-6-5-10(21)7-13(12)23-16;1-21-14(20)11-5-8(6-17-11)22-13-12(15)18-9-3-2-7(16)4-10(9)19-13;1-11(2,3)17-10(15)12-6-7(13)5-8(12)9(14)16-4;1-16(14,15)9-8(10)12-6-3-2-5(11)4-7(6)13-9;1-3-2;/h6,10-11,14,18,20-23,26-27H,1,7-9,12-13,15-17H2,2-5H3;5-7,11,14H,8-9H2,1-4H3;2-4,8,11,17H,5-6H2,1H3;7-8,13H,5-6H2,1-4H3;2-4H,1H3;1H,2H3;1H/t18-,20+,21+,22-,23+,26-,27+;11-,14+;8-,11+;7-,8+;;;/m0111.../s1. The molecule has 0 unspecified atom stereocenters. The van der Waals surface area contributed by atoms with Crippen LogP contribution in [0, 0.1) is 64.7 Å². The third-order valence-corrected chi connectivity index (χ3v) is 23.3. The first-order valence-electron chi connectivity index (χ1n) is 41.5. The fourth-order valence-electron chi connectivity index (χ4n) is 15.2. The zero-order valence-electron chi connectivity index (χ0n) is 75.1. The van der Waals surface area contributed by atoms with Crippen molar-refractivity contribution in [1.82, 2.24) is 59.9 Å². The lowest BCUT2D eigenvalue weighted by Gasteiger charge is -2.34. The average Bonchev–Trinajstić information content (AvgIpc) is 1.60. The number of aromatic nitrogens is 8. The summed E-state index contributed by atoms with van der Waals surface area (Å²) < 4.78 is 129.